The molecule has 1 aliphatic rings. The maximum absolute atomic E-state index is 12.9. The van der Waals surface area contributed by atoms with Crippen molar-refractivity contribution in [1.29, 1.82) is 0 Å². The second-order valence-corrected chi connectivity index (χ2v) is 7.38. The number of benzene rings is 1. The van der Waals surface area contributed by atoms with Gasteiger partial charge in [-0.15, -0.1) is 0 Å². The second-order valence-electron chi connectivity index (χ2n) is 7.38. The van der Waals surface area contributed by atoms with E-state index in [4.69, 9.17) is 4.74 Å². The van der Waals surface area contributed by atoms with Crippen LogP contribution in [0.1, 0.15) is 10.4 Å². The number of nitrogens with zero attached hydrogens (tertiary/aromatic N) is 3. The number of nitrogens with one attached hydrogen (secondary N) is 1. The van der Waals surface area contributed by atoms with Gasteiger partial charge in [-0.1, -0.05) is 0 Å². The van der Waals surface area contributed by atoms with Crippen molar-refractivity contribution < 1.29 is 22.7 Å². The number of ether oxygens (including phenoxy) is 1. The van der Waals surface area contributed by atoms with Gasteiger partial charge >= 0.3 is 6.18 Å². The maximum atomic E-state index is 12.9. The average Bonchev–Trinajstić information content (AvgIpc) is 3.08. The molecule has 1 aromatic carbocycles. The van der Waals surface area contributed by atoms with Gasteiger partial charge in [-0.2, -0.15) is 13.2 Å². The predicted octanol–water partition coefficient (Wildman–Crippen LogP) is 2.99. The molecule has 3 aromatic rings. The first-order chi connectivity index (χ1) is 14.7. The number of hydrogen-bond donors (Lipinski definition) is 1. The number of aromatic nitrogens is 2. The largest absolute Gasteiger partial charge is 0.406 e. The highest BCUT2D eigenvalue weighted by Gasteiger charge is 2.29. The number of pyridine rings is 1. The first-order valence-corrected chi connectivity index (χ1v) is 9.72. The zero-order valence-electron chi connectivity index (χ0n) is 16.8. The molecule has 2 aromatic heterocycles. The molecule has 1 N–H and O–H groups in total. The highest BCUT2D eigenvalue weighted by molar-refractivity contribution is 6.12. The molecule has 0 unspecified atom stereocenters. The number of fused-ring (bicyclic) bond motifs is 1. The van der Waals surface area contributed by atoms with E-state index in [-0.39, 0.29) is 10.9 Å². The van der Waals surface area contributed by atoms with Crippen LogP contribution in [0.15, 0.2) is 47.5 Å². The molecule has 0 radical (unpaired) electrons. The summed E-state index contributed by atoms with van der Waals surface area (Å²) in [6.07, 6.45) is -2.01. The second kappa shape index (κ2) is 8.10. The van der Waals surface area contributed by atoms with Crippen LogP contribution in [0.3, 0.4) is 0 Å². The summed E-state index contributed by atoms with van der Waals surface area (Å²) in [6, 6.07) is 8.64. The number of carbonyl (C=O) groups excluding carboxylic acids is 1. The van der Waals surface area contributed by atoms with Crippen molar-refractivity contribution in [2.24, 2.45) is 7.05 Å². The van der Waals surface area contributed by atoms with Crippen LogP contribution in [0.5, 0.6) is 0 Å². The van der Waals surface area contributed by atoms with Crippen molar-refractivity contribution in [2.45, 2.75) is 12.7 Å². The summed E-state index contributed by atoms with van der Waals surface area (Å²) in [5.74, 6) is -0.563. The van der Waals surface area contributed by atoms with Gasteiger partial charge in [-0.25, -0.2) is 0 Å². The standard InChI is InChI=1S/C21H21F3N4O3/c1-26-12-16(18-17(26)6-7-28(20(18)30)13-21(22,23)24)19(29)25-14-2-4-15(5-3-14)27-8-10-31-11-9-27/h2-7,12H,8-11,13H2,1H3,(H,25,29). The Labute approximate surface area is 175 Å². The van der Waals surface area contributed by atoms with Crippen LogP contribution in [-0.4, -0.2) is 47.5 Å². The summed E-state index contributed by atoms with van der Waals surface area (Å²) < 4.78 is 45.8. The molecule has 0 atom stereocenters. The van der Waals surface area contributed by atoms with Gasteiger partial charge in [0.1, 0.15) is 6.54 Å². The van der Waals surface area contributed by atoms with Gasteiger partial charge < -0.3 is 24.1 Å². The molecule has 0 spiro atoms. The smallest absolute Gasteiger partial charge is 0.378 e. The molecule has 0 bridgehead atoms. The first kappa shape index (κ1) is 21.0. The number of hydrogen-bond acceptors (Lipinski definition) is 4. The third-order valence-electron chi connectivity index (χ3n) is 5.21. The van der Waals surface area contributed by atoms with Gasteiger partial charge in [0.25, 0.3) is 11.5 Å². The van der Waals surface area contributed by atoms with Crippen molar-refractivity contribution in [3.05, 3.63) is 58.6 Å². The minimum absolute atomic E-state index is 0.0243. The molecular formula is C21H21F3N4O3. The molecule has 1 aliphatic heterocycles. The molecule has 31 heavy (non-hydrogen) atoms. The first-order valence-electron chi connectivity index (χ1n) is 9.72. The van der Waals surface area contributed by atoms with Crippen LogP contribution in [-0.2, 0) is 18.3 Å². The number of morpholine rings is 1. The summed E-state index contributed by atoms with van der Waals surface area (Å²) in [7, 11) is 1.63. The summed E-state index contributed by atoms with van der Waals surface area (Å²) in [4.78, 5) is 27.7. The Hall–Kier alpha value is -3.27. The summed E-state index contributed by atoms with van der Waals surface area (Å²) in [6.45, 7) is 1.47. The van der Waals surface area contributed by atoms with E-state index in [1.807, 2.05) is 12.1 Å². The van der Waals surface area contributed by atoms with E-state index in [2.05, 4.69) is 10.2 Å². The topological polar surface area (TPSA) is 68.5 Å². The molecule has 1 amide bonds. The molecule has 7 nitrogen and oxygen atoms in total. The molecule has 4 rings (SSSR count). The number of aryl methyl sites for hydroxylation is 1. The van der Waals surface area contributed by atoms with Gasteiger partial charge in [0.2, 0.25) is 0 Å². The van der Waals surface area contributed by atoms with Crippen LogP contribution in [0.25, 0.3) is 10.9 Å². The van der Waals surface area contributed by atoms with Gasteiger partial charge in [0.15, 0.2) is 0 Å². The number of carbonyl (C=O) groups is 1. The van der Waals surface area contributed by atoms with Gasteiger partial charge in [-0.3, -0.25) is 9.59 Å². The quantitative estimate of drug-likeness (QED) is 0.686. The van der Waals surface area contributed by atoms with Crippen molar-refractivity contribution in [1.82, 2.24) is 9.13 Å². The molecule has 1 fully saturated rings. The van der Waals surface area contributed by atoms with E-state index in [0.29, 0.717) is 29.0 Å². The Morgan fingerprint density at radius 1 is 1.13 bits per heavy atom. The van der Waals surface area contributed by atoms with Crippen LogP contribution < -0.4 is 15.8 Å². The third-order valence-corrected chi connectivity index (χ3v) is 5.21. The monoisotopic (exact) mass is 434 g/mol. The van der Waals surface area contributed by atoms with E-state index >= 15 is 0 Å². The van der Waals surface area contributed by atoms with E-state index in [9.17, 15) is 22.8 Å². The number of halogens is 3. The lowest BCUT2D eigenvalue weighted by Gasteiger charge is -2.28. The molecule has 0 aliphatic carbocycles. The number of alkyl halides is 3. The maximum Gasteiger partial charge on any atom is 0.406 e. The molecule has 3 heterocycles. The highest BCUT2D eigenvalue weighted by Crippen LogP contribution is 2.23. The van der Waals surface area contributed by atoms with Crippen molar-refractivity contribution in [2.75, 3.05) is 36.5 Å². The van der Waals surface area contributed by atoms with Gasteiger partial charge in [0, 0.05) is 43.9 Å². The van der Waals surface area contributed by atoms with Crippen molar-refractivity contribution >= 4 is 28.2 Å². The van der Waals surface area contributed by atoms with Crippen LogP contribution in [0.4, 0.5) is 24.5 Å². The fraction of sp³-hybridized carbons (Fsp3) is 0.333. The Kier molecular flexibility index (Phi) is 5.48. The van der Waals surface area contributed by atoms with E-state index in [1.165, 1.54) is 12.3 Å². The van der Waals surface area contributed by atoms with Crippen LogP contribution in [0.2, 0.25) is 0 Å². The molecule has 10 heteroatoms. The zero-order chi connectivity index (χ0) is 22.2. The van der Waals surface area contributed by atoms with E-state index < -0.39 is 24.2 Å². The summed E-state index contributed by atoms with van der Waals surface area (Å²) in [5.41, 5.74) is 1.07. The van der Waals surface area contributed by atoms with Crippen molar-refractivity contribution in [3.63, 3.8) is 0 Å². The lowest BCUT2D eigenvalue weighted by Crippen LogP contribution is -2.36. The Bertz CT molecular complexity index is 1160. The number of anilines is 2. The minimum atomic E-state index is -4.54. The molecular weight excluding hydrogens is 413 g/mol. The van der Waals surface area contributed by atoms with Gasteiger partial charge in [-0.05, 0) is 30.3 Å². The SMILES string of the molecule is Cn1cc(C(=O)Nc2ccc(N3CCOCC3)cc2)c2c(=O)n(CC(F)(F)F)ccc21. The summed E-state index contributed by atoms with van der Waals surface area (Å²) >= 11 is 0. The van der Waals surface area contributed by atoms with E-state index in [1.54, 1.807) is 23.7 Å². The normalized spacial score (nSPS) is 14.8. The van der Waals surface area contributed by atoms with Gasteiger partial charge in [0.05, 0.1) is 29.7 Å². The van der Waals surface area contributed by atoms with Crippen LogP contribution >= 0.6 is 0 Å². The third kappa shape index (κ3) is 4.43. The Morgan fingerprint density at radius 2 is 1.81 bits per heavy atom. The number of rotatable bonds is 4. The molecule has 164 valence electrons. The predicted molar refractivity (Wildman–Crippen MR) is 111 cm³/mol. The zero-order valence-corrected chi connectivity index (χ0v) is 16.8. The Balaban J connectivity index is 1.60. The summed E-state index contributed by atoms with van der Waals surface area (Å²) in [5, 5.41) is 2.68. The fourth-order valence-electron chi connectivity index (χ4n) is 3.70. The van der Waals surface area contributed by atoms with E-state index in [0.717, 1.165) is 25.0 Å². The lowest BCUT2D eigenvalue weighted by molar-refractivity contribution is -0.141. The minimum Gasteiger partial charge on any atom is -0.378 e. The molecule has 0 saturated carbocycles. The lowest BCUT2D eigenvalue weighted by atomic mass is 10.2. The Morgan fingerprint density at radius 3 is 2.45 bits per heavy atom. The fourth-order valence-corrected chi connectivity index (χ4v) is 3.70. The molecule has 1 saturated heterocycles. The van der Waals surface area contributed by atoms with Crippen molar-refractivity contribution in [3.8, 4) is 0 Å². The average molecular weight is 434 g/mol. The van der Waals surface area contributed by atoms with Crippen LogP contribution in [0, 0.1) is 0 Å². The number of amides is 1. The highest BCUT2D eigenvalue weighted by atomic mass is 19.4.